The number of aromatic nitrogens is 1. The number of Topliss-reactive ketones (excluding diaryl/α,β-unsaturated/α-hetero) is 1. The second kappa shape index (κ2) is 15.3. The highest BCUT2D eigenvalue weighted by atomic mass is 31.2. The van der Waals surface area contributed by atoms with E-state index < -0.39 is 25.8 Å². The van der Waals surface area contributed by atoms with Gasteiger partial charge >= 0.3 is 13.6 Å². The van der Waals surface area contributed by atoms with Crippen molar-refractivity contribution in [3.8, 4) is 5.75 Å². The fourth-order valence-electron chi connectivity index (χ4n) is 7.59. The molecular formula is C40H45N6O7P. The van der Waals surface area contributed by atoms with E-state index in [9.17, 15) is 28.6 Å². The zero-order chi connectivity index (χ0) is 38.1. The lowest BCUT2D eigenvalue weighted by Crippen LogP contribution is -2.76. The lowest BCUT2D eigenvalue weighted by molar-refractivity contribution is -0.189. The van der Waals surface area contributed by atoms with Crippen molar-refractivity contribution in [2.75, 3.05) is 26.3 Å². The predicted octanol–water partition coefficient (Wildman–Crippen LogP) is 5.18. The molecule has 2 N–H and O–H groups in total. The second-order valence-corrected chi connectivity index (χ2v) is 16.0. The Bertz CT molecular complexity index is 2130. The van der Waals surface area contributed by atoms with Crippen LogP contribution >= 0.6 is 7.60 Å². The molecule has 1 aliphatic carbocycles. The molecule has 1 saturated carbocycles. The number of ketones is 1. The number of para-hydroxylation sites is 1. The molecule has 2 saturated heterocycles. The third-order valence-electron chi connectivity index (χ3n) is 10.2. The number of hydrogen-bond acceptors (Lipinski definition) is 7. The summed E-state index contributed by atoms with van der Waals surface area (Å²) in [6, 6.07) is 20.4. The summed E-state index contributed by atoms with van der Waals surface area (Å²) in [6.07, 6.45) is 4.62. The topological polar surface area (TPSA) is 145 Å². The average Bonchev–Trinajstić information content (AvgIpc) is 3.93. The zero-order valence-corrected chi connectivity index (χ0v) is 31.4. The zero-order valence-electron chi connectivity index (χ0n) is 30.5. The van der Waals surface area contributed by atoms with Crippen LogP contribution in [0.1, 0.15) is 46.8 Å². The van der Waals surface area contributed by atoms with Crippen molar-refractivity contribution in [1.82, 2.24) is 29.7 Å². The molecule has 282 valence electrons. The molecule has 1 aromatic heterocycles. The maximum Gasteiger partial charge on any atom is 0.373 e. The van der Waals surface area contributed by atoms with Crippen molar-refractivity contribution in [1.29, 1.82) is 0 Å². The maximum absolute atomic E-state index is 14.7. The summed E-state index contributed by atoms with van der Waals surface area (Å²) >= 11 is 0. The first kappa shape index (κ1) is 37.1. The number of benzene rings is 3. The third-order valence-corrected chi connectivity index (χ3v) is 10.7. The Kier molecular flexibility index (Phi) is 10.5. The molecule has 3 heterocycles. The monoisotopic (exact) mass is 752 g/mol. The molecule has 54 heavy (non-hydrogen) atoms. The third kappa shape index (κ3) is 7.70. The van der Waals surface area contributed by atoms with Crippen molar-refractivity contribution in [3.05, 3.63) is 114 Å². The maximum atomic E-state index is 14.7. The number of hydrazine groups is 1. The normalized spacial score (nSPS) is 20.1. The van der Waals surface area contributed by atoms with E-state index in [1.165, 1.54) is 9.91 Å². The van der Waals surface area contributed by atoms with E-state index in [0.717, 1.165) is 41.5 Å². The molecule has 3 aromatic carbocycles. The van der Waals surface area contributed by atoms with E-state index in [1.807, 2.05) is 61.7 Å². The minimum absolute atomic E-state index is 0.0413. The van der Waals surface area contributed by atoms with Gasteiger partial charge in [-0.25, -0.2) is 19.4 Å². The molecule has 13 nitrogen and oxygen atoms in total. The van der Waals surface area contributed by atoms with E-state index in [4.69, 9.17) is 4.52 Å². The SMILES string of the molecule is C=CCN1CC(=O)N2C(Cc3ccc(OP(C)(=O)O)cc3)C(=O)N(Cc3cccc4c(C(=O)C5CC5)cn(CC)c34)CC2N1C(=O)NCc1ccccc1. The highest BCUT2D eigenvalue weighted by Gasteiger charge is 2.51. The Hall–Kier alpha value is -5.23. The fraction of sp³-hybridized carbons (Fsp3) is 0.350. The van der Waals surface area contributed by atoms with Gasteiger partial charge in [-0.3, -0.25) is 14.4 Å². The number of piperazine rings is 1. The quantitative estimate of drug-likeness (QED) is 0.108. The van der Waals surface area contributed by atoms with Crippen molar-refractivity contribution < 1.29 is 33.2 Å². The largest absolute Gasteiger partial charge is 0.425 e. The first-order valence-electron chi connectivity index (χ1n) is 18.3. The van der Waals surface area contributed by atoms with Crippen LogP contribution < -0.4 is 9.84 Å². The number of hydrogen-bond donors (Lipinski definition) is 2. The molecule has 4 amide bonds. The molecule has 4 aromatic rings. The number of nitrogens with one attached hydrogen (secondary N) is 1. The van der Waals surface area contributed by atoms with E-state index in [2.05, 4.69) is 16.5 Å². The summed E-state index contributed by atoms with van der Waals surface area (Å²) < 4.78 is 19.1. The molecule has 3 atom stereocenters. The average molecular weight is 753 g/mol. The Labute approximate surface area is 314 Å². The molecular weight excluding hydrogens is 707 g/mol. The van der Waals surface area contributed by atoms with Crippen LogP contribution in [0.5, 0.6) is 5.75 Å². The molecule has 14 heteroatoms. The molecule has 3 aliphatic rings. The number of aryl methyl sites for hydroxylation is 1. The Balaban J connectivity index is 1.26. The summed E-state index contributed by atoms with van der Waals surface area (Å²) in [5, 5.41) is 7.06. The van der Waals surface area contributed by atoms with Crippen molar-refractivity contribution >= 4 is 42.1 Å². The van der Waals surface area contributed by atoms with Crippen LogP contribution in [0.15, 0.2) is 91.6 Å². The van der Waals surface area contributed by atoms with E-state index in [0.29, 0.717) is 17.7 Å². The van der Waals surface area contributed by atoms with Crippen molar-refractivity contribution in [3.63, 3.8) is 0 Å². The summed E-state index contributed by atoms with van der Waals surface area (Å²) in [6.45, 7) is 8.18. The molecule has 2 aliphatic heterocycles. The number of carbonyl (C=O) groups excluding carboxylic acids is 4. The number of rotatable bonds is 13. The molecule has 7 rings (SSSR count). The Morgan fingerprint density at radius 2 is 1.76 bits per heavy atom. The minimum Gasteiger partial charge on any atom is -0.425 e. The summed E-state index contributed by atoms with van der Waals surface area (Å²) in [4.78, 5) is 69.2. The van der Waals surface area contributed by atoms with Crippen LogP contribution in [-0.4, -0.2) is 91.4 Å². The summed E-state index contributed by atoms with van der Waals surface area (Å²) in [7, 11) is -3.79. The number of urea groups is 1. The van der Waals surface area contributed by atoms with Crippen molar-refractivity contribution in [2.45, 2.75) is 58.0 Å². The number of carbonyl (C=O) groups is 4. The molecule has 0 bridgehead atoms. The van der Waals surface area contributed by atoms with Crippen LogP contribution in [0.2, 0.25) is 0 Å². The number of fused-ring (bicyclic) bond motifs is 2. The Morgan fingerprint density at radius 3 is 2.43 bits per heavy atom. The van der Waals surface area contributed by atoms with Gasteiger partial charge < -0.3 is 29.1 Å². The predicted molar refractivity (Wildman–Crippen MR) is 203 cm³/mol. The van der Waals surface area contributed by atoms with Gasteiger partial charge in [0.1, 0.15) is 18.0 Å². The van der Waals surface area contributed by atoms with Crippen molar-refractivity contribution in [2.24, 2.45) is 5.92 Å². The molecule has 3 fully saturated rings. The highest BCUT2D eigenvalue weighted by molar-refractivity contribution is 7.52. The lowest BCUT2D eigenvalue weighted by Gasteiger charge is -2.55. The lowest BCUT2D eigenvalue weighted by atomic mass is 9.97. The standard InChI is InChI=1S/C40H45N6O7P/c1-4-20-44-26-36(47)45-34(21-27-14-18-31(19-15-27)53-54(3,51)52)39(49)43(25-35(45)46(44)40(50)41-22-28-10-7-6-8-11-28)23-30-12-9-13-32-33(38(48)29-16-17-29)24-42(5-2)37(30)32/h4,6-15,18-19,24,29,34-35H,1,5,16-17,20-23,25-26H2,2-3H3,(H,41,50)(H,51,52). The van der Waals surface area contributed by atoms with Gasteiger partial charge in [-0.1, -0.05) is 66.7 Å². The molecule has 0 radical (unpaired) electrons. The number of amides is 4. The van der Waals surface area contributed by atoms with Gasteiger partial charge in [-0.05, 0) is 48.6 Å². The molecule has 0 spiro atoms. The van der Waals surface area contributed by atoms with Gasteiger partial charge in [0.2, 0.25) is 11.8 Å². The first-order chi connectivity index (χ1) is 26.0. The Morgan fingerprint density at radius 1 is 1.02 bits per heavy atom. The van der Waals surface area contributed by atoms with Gasteiger partial charge in [0.15, 0.2) is 5.78 Å². The second-order valence-electron chi connectivity index (χ2n) is 14.2. The van der Waals surface area contributed by atoms with Gasteiger partial charge in [-0.15, -0.1) is 6.58 Å². The summed E-state index contributed by atoms with van der Waals surface area (Å²) in [5.74, 6) is -0.188. The summed E-state index contributed by atoms with van der Waals surface area (Å²) in [5.41, 5.74) is 4.02. The van der Waals surface area contributed by atoms with E-state index in [-0.39, 0.29) is 68.4 Å². The number of nitrogens with zero attached hydrogens (tertiary/aromatic N) is 5. The van der Waals surface area contributed by atoms with Crippen LogP contribution in [0.4, 0.5) is 4.79 Å². The minimum atomic E-state index is -3.79. The van der Waals surface area contributed by atoms with Gasteiger partial charge in [0.05, 0.1) is 18.6 Å². The molecule has 3 unspecified atom stereocenters. The van der Waals surface area contributed by atoms with E-state index in [1.54, 1.807) is 40.3 Å². The fourth-order valence-corrected chi connectivity index (χ4v) is 8.10. The van der Waals surface area contributed by atoms with Crippen LogP contribution in [-0.2, 0) is 40.2 Å². The highest BCUT2D eigenvalue weighted by Crippen LogP contribution is 2.39. The van der Waals surface area contributed by atoms with Gasteiger partial charge in [0, 0.05) is 62.3 Å². The van der Waals surface area contributed by atoms with Gasteiger partial charge in [0.25, 0.3) is 0 Å². The van der Waals surface area contributed by atoms with Crippen LogP contribution in [0, 0.1) is 5.92 Å². The first-order valence-corrected chi connectivity index (χ1v) is 20.3. The van der Waals surface area contributed by atoms with Gasteiger partial charge in [-0.2, -0.15) is 0 Å². The van der Waals surface area contributed by atoms with Crippen LogP contribution in [0.25, 0.3) is 10.9 Å². The van der Waals surface area contributed by atoms with Crippen LogP contribution in [0.3, 0.4) is 0 Å². The van der Waals surface area contributed by atoms with E-state index >= 15 is 0 Å². The smallest absolute Gasteiger partial charge is 0.373 e.